The van der Waals surface area contributed by atoms with Crippen molar-refractivity contribution < 1.29 is 9.64 Å². The summed E-state index contributed by atoms with van der Waals surface area (Å²) >= 11 is 3.16. The molecule has 0 aliphatic carbocycles. The van der Waals surface area contributed by atoms with E-state index in [1.165, 1.54) is 16.2 Å². The summed E-state index contributed by atoms with van der Waals surface area (Å²) in [6.45, 7) is 3.49. The second-order valence-corrected chi connectivity index (χ2v) is 8.54. The van der Waals surface area contributed by atoms with E-state index in [1.807, 2.05) is 53.2 Å². The van der Waals surface area contributed by atoms with Crippen LogP contribution in [0.4, 0.5) is 0 Å². The van der Waals surface area contributed by atoms with Crippen molar-refractivity contribution in [2.45, 2.75) is 13.0 Å². The number of hydrogen-bond acceptors (Lipinski definition) is 5. The van der Waals surface area contributed by atoms with E-state index < -0.39 is 0 Å². The van der Waals surface area contributed by atoms with Crippen LogP contribution in [0.25, 0.3) is 20.7 Å². The Hall–Kier alpha value is -2.48. The molecule has 0 saturated carbocycles. The van der Waals surface area contributed by atoms with Gasteiger partial charge in [0.05, 0.1) is 12.4 Å². The predicted molar refractivity (Wildman–Crippen MR) is 116 cm³/mol. The Morgan fingerprint density at radius 3 is 2.75 bits per heavy atom. The fourth-order valence-corrected chi connectivity index (χ4v) is 4.85. The standard InChI is InChI=1S/C21H21N3O2S2/c1-14(24(2)10-11-26-15-7-4-3-5-8-15)19-22-20(25)18-16(13-28-21(18)23-19)17-9-6-12-27-17/h3-9,12-14H,10-11H2,1-2H3,(H,22,23,25)/p+1/t14-/m1/s1. The maximum atomic E-state index is 12.8. The maximum Gasteiger partial charge on any atom is 0.260 e. The lowest BCUT2D eigenvalue weighted by molar-refractivity contribution is -0.910. The van der Waals surface area contributed by atoms with Crippen LogP contribution in [-0.2, 0) is 0 Å². The molecule has 28 heavy (non-hydrogen) atoms. The molecular formula is C21H22N3O2S2+. The Kier molecular flexibility index (Phi) is 5.57. The summed E-state index contributed by atoms with van der Waals surface area (Å²) in [6.07, 6.45) is 0. The molecule has 7 heteroatoms. The number of hydrogen-bond donors (Lipinski definition) is 2. The normalized spacial score (nSPS) is 13.5. The van der Waals surface area contributed by atoms with Crippen LogP contribution >= 0.6 is 22.7 Å². The third-order valence-corrected chi connectivity index (χ3v) is 6.68. The van der Waals surface area contributed by atoms with Crippen LogP contribution in [0.2, 0.25) is 0 Å². The minimum Gasteiger partial charge on any atom is -0.488 e. The minimum atomic E-state index is -0.0650. The SMILES string of the molecule is C[C@H](c1nc2scc(-c3cccs3)c2c(=O)[nH]1)[NH+](C)CCOc1ccccc1. The molecule has 3 aromatic heterocycles. The lowest BCUT2D eigenvalue weighted by Gasteiger charge is -2.21. The average Bonchev–Trinajstić information content (AvgIpc) is 3.37. The van der Waals surface area contributed by atoms with E-state index in [-0.39, 0.29) is 11.6 Å². The summed E-state index contributed by atoms with van der Waals surface area (Å²) in [5.41, 5.74) is 0.907. The fourth-order valence-electron chi connectivity index (χ4n) is 3.08. The number of thiophene rings is 2. The topological polar surface area (TPSA) is 59.4 Å². The van der Waals surface area contributed by atoms with E-state index in [0.717, 1.165) is 27.6 Å². The first kappa shape index (κ1) is 18.9. The van der Waals surface area contributed by atoms with E-state index in [1.54, 1.807) is 11.3 Å². The van der Waals surface area contributed by atoms with Gasteiger partial charge in [0.2, 0.25) is 0 Å². The van der Waals surface area contributed by atoms with Crippen LogP contribution in [0.1, 0.15) is 18.8 Å². The second kappa shape index (κ2) is 8.26. The van der Waals surface area contributed by atoms with Crippen LogP contribution in [-0.4, -0.2) is 30.2 Å². The van der Waals surface area contributed by atoms with Gasteiger partial charge in [-0.25, -0.2) is 4.98 Å². The van der Waals surface area contributed by atoms with E-state index in [0.29, 0.717) is 17.8 Å². The summed E-state index contributed by atoms with van der Waals surface area (Å²) in [7, 11) is 2.09. The Labute approximate surface area is 171 Å². The van der Waals surface area contributed by atoms with Gasteiger partial charge in [-0.15, -0.1) is 22.7 Å². The minimum absolute atomic E-state index is 0.0590. The molecule has 0 aliphatic rings. The van der Waals surface area contributed by atoms with Gasteiger partial charge in [0.1, 0.15) is 29.8 Å². The van der Waals surface area contributed by atoms with Gasteiger partial charge in [-0.3, -0.25) is 4.79 Å². The number of aromatic nitrogens is 2. The number of para-hydroxylation sites is 1. The molecule has 144 valence electrons. The summed E-state index contributed by atoms with van der Waals surface area (Å²) in [5, 5.41) is 4.73. The largest absolute Gasteiger partial charge is 0.488 e. The number of H-pyrrole nitrogens is 1. The van der Waals surface area contributed by atoms with Gasteiger partial charge in [-0.2, -0.15) is 0 Å². The quantitative estimate of drug-likeness (QED) is 0.489. The highest BCUT2D eigenvalue weighted by Crippen LogP contribution is 2.33. The molecule has 1 aromatic carbocycles. The molecule has 1 unspecified atom stereocenters. The van der Waals surface area contributed by atoms with E-state index in [9.17, 15) is 4.79 Å². The van der Waals surface area contributed by atoms with E-state index >= 15 is 0 Å². The average molecular weight is 413 g/mol. The molecule has 0 spiro atoms. The highest BCUT2D eigenvalue weighted by atomic mass is 32.1. The fraction of sp³-hybridized carbons (Fsp3) is 0.238. The molecule has 5 nitrogen and oxygen atoms in total. The van der Waals surface area contributed by atoms with Crippen molar-refractivity contribution in [1.29, 1.82) is 0 Å². The summed E-state index contributed by atoms with van der Waals surface area (Å²) < 4.78 is 5.79. The van der Waals surface area contributed by atoms with Crippen molar-refractivity contribution in [1.82, 2.24) is 9.97 Å². The molecule has 0 amide bonds. The Morgan fingerprint density at radius 1 is 1.18 bits per heavy atom. The Bertz CT molecular complexity index is 1100. The van der Waals surface area contributed by atoms with Crippen LogP contribution < -0.4 is 15.2 Å². The lowest BCUT2D eigenvalue weighted by Crippen LogP contribution is -3.09. The highest BCUT2D eigenvalue weighted by Gasteiger charge is 2.21. The van der Waals surface area contributed by atoms with Crippen LogP contribution in [0, 0.1) is 0 Å². The van der Waals surface area contributed by atoms with Crippen molar-refractivity contribution >= 4 is 32.9 Å². The number of ether oxygens (including phenoxy) is 1. The van der Waals surface area contributed by atoms with Gasteiger partial charge in [-0.1, -0.05) is 24.3 Å². The molecule has 0 aliphatic heterocycles. The van der Waals surface area contributed by atoms with Crippen LogP contribution in [0.15, 0.2) is 58.0 Å². The van der Waals surface area contributed by atoms with Crippen molar-refractivity contribution in [3.8, 4) is 16.2 Å². The number of aromatic amines is 1. The molecule has 4 aromatic rings. The Balaban J connectivity index is 1.49. The van der Waals surface area contributed by atoms with E-state index in [4.69, 9.17) is 9.72 Å². The zero-order valence-corrected chi connectivity index (χ0v) is 17.4. The number of benzene rings is 1. The molecule has 0 radical (unpaired) electrons. The van der Waals surface area contributed by atoms with Crippen molar-refractivity contribution in [3.63, 3.8) is 0 Å². The zero-order chi connectivity index (χ0) is 19.5. The monoisotopic (exact) mass is 412 g/mol. The molecule has 2 N–H and O–H groups in total. The number of quaternary nitrogens is 1. The second-order valence-electron chi connectivity index (χ2n) is 6.74. The molecule has 4 rings (SSSR count). The number of nitrogens with one attached hydrogen (secondary N) is 2. The van der Waals surface area contributed by atoms with Crippen molar-refractivity contribution in [2.24, 2.45) is 0 Å². The van der Waals surface area contributed by atoms with Gasteiger partial charge in [-0.05, 0) is 30.5 Å². The first-order valence-corrected chi connectivity index (χ1v) is 10.9. The molecule has 0 fully saturated rings. The predicted octanol–water partition coefficient (Wildman–Crippen LogP) is 3.37. The third kappa shape index (κ3) is 3.87. The maximum absolute atomic E-state index is 12.8. The van der Waals surface area contributed by atoms with Gasteiger partial charge in [0.25, 0.3) is 5.56 Å². The van der Waals surface area contributed by atoms with Gasteiger partial charge >= 0.3 is 0 Å². The van der Waals surface area contributed by atoms with Crippen LogP contribution in [0.5, 0.6) is 5.75 Å². The molecule has 3 heterocycles. The summed E-state index contributed by atoms with van der Waals surface area (Å²) in [4.78, 5) is 23.7. The number of rotatable bonds is 7. The molecule has 0 bridgehead atoms. The first-order valence-electron chi connectivity index (χ1n) is 9.19. The number of likely N-dealkylation sites (N-methyl/N-ethyl adjacent to an activating group) is 1. The highest BCUT2D eigenvalue weighted by molar-refractivity contribution is 7.18. The smallest absolute Gasteiger partial charge is 0.260 e. The number of fused-ring (bicyclic) bond motifs is 1. The number of nitrogens with zero attached hydrogens (tertiary/aromatic N) is 1. The summed E-state index contributed by atoms with van der Waals surface area (Å²) in [6, 6.07) is 13.9. The zero-order valence-electron chi connectivity index (χ0n) is 15.8. The van der Waals surface area contributed by atoms with Gasteiger partial charge in [0, 0.05) is 15.8 Å². The molecule has 0 saturated heterocycles. The van der Waals surface area contributed by atoms with E-state index in [2.05, 4.69) is 19.0 Å². The van der Waals surface area contributed by atoms with Gasteiger partial charge < -0.3 is 14.6 Å². The van der Waals surface area contributed by atoms with Crippen molar-refractivity contribution in [3.05, 3.63) is 69.4 Å². The Morgan fingerprint density at radius 2 is 2.00 bits per heavy atom. The summed E-state index contributed by atoms with van der Waals surface area (Å²) in [5.74, 6) is 1.59. The molecular weight excluding hydrogens is 390 g/mol. The van der Waals surface area contributed by atoms with Crippen molar-refractivity contribution in [2.75, 3.05) is 20.2 Å². The third-order valence-electron chi connectivity index (χ3n) is 4.91. The van der Waals surface area contributed by atoms with Crippen LogP contribution in [0.3, 0.4) is 0 Å². The first-order chi connectivity index (χ1) is 13.6. The lowest BCUT2D eigenvalue weighted by atomic mass is 10.2. The molecule has 2 atom stereocenters. The van der Waals surface area contributed by atoms with Gasteiger partial charge in [0.15, 0.2) is 5.82 Å².